The van der Waals surface area contributed by atoms with Crippen molar-refractivity contribution in [1.29, 1.82) is 0 Å². The molecule has 4 nitrogen and oxygen atoms in total. The van der Waals surface area contributed by atoms with E-state index in [-0.39, 0.29) is 18.3 Å². The van der Waals surface area contributed by atoms with Crippen molar-refractivity contribution in [3.05, 3.63) is 0 Å². The number of aliphatic carboxylic acids is 2. The molecule has 0 amide bonds. The molecule has 0 spiro atoms. The van der Waals surface area contributed by atoms with Crippen molar-refractivity contribution in [2.45, 2.75) is 99.3 Å². The summed E-state index contributed by atoms with van der Waals surface area (Å²) in [7, 11) is 0. The Kier molecular flexibility index (Phi) is 11.8. The fraction of sp³-hybridized carbons (Fsp3) is 0.909. The second kappa shape index (κ2) is 12.3. The lowest BCUT2D eigenvalue weighted by Gasteiger charge is -2.42. The molecule has 0 rings (SSSR count). The summed E-state index contributed by atoms with van der Waals surface area (Å²) in [4.78, 5) is 23.0. The summed E-state index contributed by atoms with van der Waals surface area (Å²) < 4.78 is 0. The minimum absolute atomic E-state index is 0.153. The second-order valence-corrected chi connectivity index (χ2v) is 9.07. The van der Waals surface area contributed by atoms with Gasteiger partial charge in [-0.2, -0.15) is 0 Å². The number of carbonyl (C=O) groups is 2. The van der Waals surface area contributed by atoms with Crippen LogP contribution in [0.2, 0.25) is 0 Å². The van der Waals surface area contributed by atoms with Gasteiger partial charge in [-0.25, -0.2) is 0 Å². The summed E-state index contributed by atoms with van der Waals surface area (Å²) in [6.45, 7) is 12.9. The average Bonchev–Trinajstić information content (AvgIpc) is 2.47. The molecule has 26 heavy (non-hydrogen) atoms. The van der Waals surface area contributed by atoms with Crippen LogP contribution in [-0.2, 0) is 9.59 Å². The third-order valence-electron chi connectivity index (χ3n) is 5.79. The Labute approximate surface area is 160 Å². The van der Waals surface area contributed by atoms with E-state index in [4.69, 9.17) is 5.11 Å². The molecular formula is C22H42O4. The first-order valence-electron chi connectivity index (χ1n) is 10.5. The van der Waals surface area contributed by atoms with E-state index in [1.165, 1.54) is 0 Å². The summed E-state index contributed by atoms with van der Waals surface area (Å²) in [6.07, 6.45) is 7.34. The van der Waals surface area contributed by atoms with Gasteiger partial charge in [-0.3, -0.25) is 9.59 Å². The van der Waals surface area contributed by atoms with Gasteiger partial charge in [0, 0.05) is 6.42 Å². The molecule has 0 radical (unpaired) electrons. The van der Waals surface area contributed by atoms with Gasteiger partial charge >= 0.3 is 11.9 Å². The van der Waals surface area contributed by atoms with Gasteiger partial charge in [0.2, 0.25) is 0 Å². The van der Waals surface area contributed by atoms with Crippen LogP contribution in [0.5, 0.6) is 0 Å². The van der Waals surface area contributed by atoms with Gasteiger partial charge in [-0.05, 0) is 49.4 Å². The van der Waals surface area contributed by atoms with Crippen LogP contribution in [0, 0.1) is 29.1 Å². The summed E-state index contributed by atoms with van der Waals surface area (Å²) >= 11 is 0. The zero-order valence-electron chi connectivity index (χ0n) is 17.9. The lowest BCUT2D eigenvalue weighted by atomic mass is 9.61. The van der Waals surface area contributed by atoms with Crippen molar-refractivity contribution in [3.63, 3.8) is 0 Å². The molecular weight excluding hydrogens is 328 g/mol. The van der Waals surface area contributed by atoms with E-state index in [1.807, 2.05) is 0 Å². The number of unbranched alkanes of at least 4 members (excludes halogenated alkanes) is 4. The van der Waals surface area contributed by atoms with Crippen LogP contribution in [0.15, 0.2) is 0 Å². The Balaban J connectivity index is 4.95. The highest BCUT2D eigenvalue weighted by molar-refractivity contribution is 5.75. The third kappa shape index (κ3) is 8.55. The molecule has 0 aliphatic carbocycles. The molecule has 0 aromatic carbocycles. The van der Waals surface area contributed by atoms with E-state index in [9.17, 15) is 14.7 Å². The molecule has 2 unspecified atom stereocenters. The molecule has 0 fully saturated rings. The largest absolute Gasteiger partial charge is 0.481 e. The molecule has 0 saturated carbocycles. The standard InChI is InChI=1S/C22H42O4/c1-16(2)14-18(5)22(21(25)26,19(6)15-17(3)4)13-11-9-7-8-10-12-20(23)24/h16-19H,7-15H2,1-6H3,(H,23,24)(H,25,26). The first-order chi connectivity index (χ1) is 12.0. The molecule has 0 aliphatic rings. The minimum Gasteiger partial charge on any atom is -0.481 e. The Morgan fingerprint density at radius 3 is 1.54 bits per heavy atom. The lowest BCUT2D eigenvalue weighted by molar-refractivity contribution is -0.158. The van der Waals surface area contributed by atoms with Crippen molar-refractivity contribution in [1.82, 2.24) is 0 Å². The fourth-order valence-corrected chi connectivity index (χ4v) is 4.57. The number of carboxylic acid groups (broad SMARTS) is 2. The summed E-state index contributed by atoms with van der Waals surface area (Å²) in [5, 5.41) is 18.9. The van der Waals surface area contributed by atoms with Gasteiger partial charge in [0.15, 0.2) is 0 Å². The van der Waals surface area contributed by atoms with Crippen LogP contribution in [0.1, 0.15) is 99.3 Å². The van der Waals surface area contributed by atoms with Crippen molar-refractivity contribution in [2.24, 2.45) is 29.1 Å². The Hall–Kier alpha value is -1.06. The minimum atomic E-state index is -0.736. The van der Waals surface area contributed by atoms with E-state index in [2.05, 4.69) is 41.5 Å². The molecule has 2 N–H and O–H groups in total. The molecule has 0 aromatic heterocycles. The van der Waals surface area contributed by atoms with Crippen LogP contribution in [0.25, 0.3) is 0 Å². The second-order valence-electron chi connectivity index (χ2n) is 9.07. The van der Waals surface area contributed by atoms with Crippen LogP contribution in [0.4, 0.5) is 0 Å². The highest BCUT2D eigenvalue weighted by Crippen LogP contribution is 2.46. The molecule has 0 aromatic rings. The highest BCUT2D eigenvalue weighted by atomic mass is 16.4. The van der Waals surface area contributed by atoms with Gasteiger partial charge in [0.05, 0.1) is 5.41 Å². The number of hydrogen-bond acceptors (Lipinski definition) is 2. The van der Waals surface area contributed by atoms with Crippen LogP contribution >= 0.6 is 0 Å². The van der Waals surface area contributed by atoms with Gasteiger partial charge in [-0.15, -0.1) is 0 Å². The quantitative estimate of drug-likeness (QED) is 0.335. The molecule has 0 bridgehead atoms. The molecule has 4 heteroatoms. The predicted molar refractivity (Wildman–Crippen MR) is 107 cm³/mol. The van der Waals surface area contributed by atoms with Gasteiger partial charge in [0.25, 0.3) is 0 Å². The summed E-state index contributed by atoms with van der Waals surface area (Å²) in [5.41, 5.74) is -0.657. The Morgan fingerprint density at radius 1 is 0.731 bits per heavy atom. The molecule has 0 aliphatic heterocycles. The zero-order chi connectivity index (χ0) is 20.3. The van der Waals surface area contributed by atoms with Crippen molar-refractivity contribution in [3.8, 4) is 0 Å². The maximum atomic E-state index is 12.4. The number of rotatable bonds is 15. The van der Waals surface area contributed by atoms with Crippen molar-refractivity contribution < 1.29 is 19.8 Å². The maximum absolute atomic E-state index is 12.4. The normalized spacial score (nSPS) is 16.5. The summed E-state index contributed by atoms with van der Waals surface area (Å²) in [5.74, 6) is -0.0805. The topological polar surface area (TPSA) is 74.6 Å². The highest BCUT2D eigenvalue weighted by Gasteiger charge is 2.47. The van der Waals surface area contributed by atoms with E-state index in [0.717, 1.165) is 44.9 Å². The lowest BCUT2D eigenvalue weighted by Crippen LogP contribution is -2.44. The smallest absolute Gasteiger partial charge is 0.310 e. The zero-order valence-corrected chi connectivity index (χ0v) is 17.9. The first kappa shape index (κ1) is 24.9. The van der Waals surface area contributed by atoms with Crippen molar-refractivity contribution >= 4 is 11.9 Å². The van der Waals surface area contributed by atoms with E-state index >= 15 is 0 Å². The maximum Gasteiger partial charge on any atom is 0.310 e. The summed E-state index contributed by atoms with van der Waals surface area (Å²) in [6, 6.07) is 0. The fourth-order valence-electron chi connectivity index (χ4n) is 4.57. The molecule has 154 valence electrons. The molecule has 0 saturated heterocycles. The monoisotopic (exact) mass is 370 g/mol. The van der Waals surface area contributed by atoms with Crippen LogP contribution in [0.3, 0.4) is 0 Å². The predicted octanol–water partition coefficient (Wildman–Crippen LogP) is 6.24. The first-order valence-corrected chi connectivity index (χ1v) is 10.5. The van der Waals surface area contributed by atoms with Crippen molar-refractivity contribution in [2.75, 3.05) is 0 Å². The van der Waals surface area contributed by atoms with Gasteiger partial charge < -0.3 is 10.2 Å². The van der Waals surface area contributed by atoms with E-state index in [0.29, 0.717) is 18.3 Å². The molecule has 0 heterocycles. The number of carboxylic acids is 2. The van der Waals surface area contributed by atoms with E-state index in [1.54, 1.807) is 0 Å². The SMILES string of the molecule is CC(C)CC(C)C(CCCCCCCC(=O)O)(C(=O)O)C(C)CC(C)C. The van der Waals surface area contributed by atoms with E-state index < -0.39 is 17.4 Å². The molecule has 2 atom stereocenters. The van der Waals surface area contributed by atoms with Gasteiger partial charge in [0.1, 0.15) is 0 Å². The van der Waals surface area contributed by atoms with Gasteiger partial charge in [-0.1, -0.05) is 67.2 Å². The Bertz CT molecular complexity index is 398. The Morgan fingerprint density at radius 2 is 1.15 bits per heavy atom. The third-order valence-corrected chi connectivity index (χ3v) is 5.79. The number of hydrogen-bond donors (Lipinski definition) is 2. The van der Waals surface area contributed by atoms with Crippen LogP contribution < -0.4 is 0 Å². The van der Waals surface area contributed by atoms with Crippen LogP contribution in [-0.4, -0.2) is 22.2 Å². The average molecular weight is 371 g/mol.